The summed E-state index contributed by atoms with van der Waals surface area (Å²) in [4.78, 5) is 71.0. The lowest BCUT2D eigenvalue weighted by Gasteiger charge is -2.49. The van der Waals surface area contributed by atoms with Crippen molar-refractivity contribution in [3.8, 4) is 11.8 Å². The van der Waals surface area contributed by atoms with Gasteiger partial charge in [-0.15, -0.1) is 10.2 Å². The Balaban J connectivity index is 0.706. The molecule has 4 saturated heterocycles. The zero-order chi connectivity index (χ0) is 41.7. The smallest absolute Gasteiger partial charge is 0.272 e. The Morgan fingerprint density at radius 3 is 2.35 bits per heavy atom. The van der Waals surface area contributed by atoms with E-state index in [-0.39, 0.29) is 58.8 Å². The van der Waals surface area contributed by atoms with Gasteiger partial charge in [0.25, 0.3) is 17.7 Å². The Morgan fingerprint density at radius 2 is 1.67 bits per heavy atom. The Morgan fingerprint density at radius 1 is 0.917 bits per heavy atom. The third-order valence-corrected chi connectivity index (χ3v) is 13.4. The third kappa shape index (κ3) is 7.76. The van der Waals surface area contributed by atoms with Crippen molar-refractivity contribution in [3.63, 3.8) is 0 Å². The number of ether oxygens (including phenoxy) is 1. The molecule has 5 aliphatic heterocycles. The van der Waals surface area contributed by atoms with Gasteiger partial charge in [0.05, 0.1) is 33.5 Å². The van der Waals surface area contributed by atoms with Crippen molar-refractivity contribution < 1.29 is 33.1 Å². The van der Waals surface area contributed by atoms with Crippen LogP contribution in [-0.2, 0) is 9.59 Å². The largest absolute Gasteiger partial charge is 0.490 e. The highest BCUT2D eigenvalue weighted by Gasteiger charge is 2.50. The van der Waals surface area contributed by atoms with E-state index in [0.29, 0.717) is 35.3 Å². The number of benzene rings is 2. The highest BCUT2D eigenvalue weighted by molar-refractivity contribution is 6.31. The number of hydrogen-bond donors (Lipinski definition) is 2. The number of amides is 5. The molecule has 5 fully saturated rings. The van der Waals surface area contributed by atoms with Crippen LogP contribution in [0.1, 0.15) is 94.6 Å². The lowest BCUT2D eigenvalue weighted by Crippen LogP contribution is -2.58. The van der Waals surface area contributed by atoms with Gasteiger partial charge in [0.2, 0.25) is 11.8 Å². The third-order valence-electron chi connectivity index (χ3n) is 13.1. The highest BCUT2D eigenvalue weighted by Crippen LogP contribution is 2.44. The summed E-state index contributed by atoms with van der Waals surface area (Å²) in [5.74, 6) is -1.40. The molecule has 6 aliphatic rings. The number of nitrogens with zero attached hydrogens (tertiary/aromatic N) is 7. The van der Waals surface area contributed by atoms with Crippen molar-refractivity contribution in [1.29, 1.82) is 5.26 Å². The van der Waals surface area contributed by atoms with E-state index in [1.54, 1.807) is 24.3 Å². The first-order valence-corrected chi connectivity index (χ1v) is 21.1. The molecule has 5 amide bonds. The molecule has 2 aromatic carbocycles. The topological polar surface area (TPSA) is 181 Å². The second kappa shape index (κ2) is 16.1. The quantitative estimate of drug-likeness (QED) is 0.295. The zero-order valence-corrected chi connectivity index (χ0v) is 33.8. The minimum Gasteiger partial charge on any atom is -0.490 e. The van der Waals surface area contributed by atoms with Crippen LogP contribution in [0, 0.1) is 28.5 Å². The van der Waals surface area contributed by atoms with Crippen molar-refractivity contribution in [2.45, 2.75) is 76.0 Å². The van der Waals surface area contributed by atoms with E-state index in [2.05, 4.69) is 30.6 Å². The van der Waals surface area contributed by atoms with E-state index >= 15 is 4.39 Å². The summed E-state index contributed by atoms with van der Waals surface area (Å²) in [6.45, 7) is 5.85. The van der Waals surface area contributed by atoms with Crippen LogP contribution in [0.5, 0.6) is 5.75 Å². The second-order valence-electron chi connectivity index (χ2n) is 17.2. The molecule has 312 valence electrons. The molecule has 3 aromatic rings. The summed E-state index contributed by atoms with van der Waals surface area (Å²) in [7, 11) is 0. The van der Waals surface area contributed by atoms with E-state index in [1.807, 2.05) is 17.0 Å². The molecular formula is C43H45ClFN9O6. The summed E-state index contributed by atoms with van der Waals surface area (Å²) in [6, 6.07) is 12.2. The molecule has 15 nitrogen and oxygen atoms in total. The van der Waals surface area contributed by atoms with E-state index in [4.69, 9.17) is 21.6 Å². The molecule has 1 unspecified atom stereocenters. The van der Waals surface area contributed by atoms with Gasteiger partial charge >= 0.3 is 0 Å². The van der Waals surface area contributed by atoms with Gasteiger partial charge in [-0.05, 0) is 100 Å². The number of rotatable bonds is 9. The maximum atomic E-state index is 15.5. The fourth-order valence-corrected chi connectivity index (χ4v) is 10.1. The molecule has 2 N–H and O–H groups in total. The Hall–Kier alpha value is -5.66. The molecule has 1 saturated carbocycles. The van der Waals surface area contributed by atoms with Gasteiger partial charge in [-0.25, -0.2) is 4.39 Å². The number of hydrogen-bond acceptors (Lipinski definition) is 12. The molecule has 6 heterocycles. The normalized spacial score (nSPS) is 24.3. The molecule has 1 aliphatic carbocycles. The van der Waals surface area contributed by atoms with Crippen LogP contribution in [0.15, 0.2) is 42.5 Å². The lowest BCUT2D eigenvalue weighted by atomic mass is 9.78. The number of anilines is 2. The molecular weight excluding hydrogens is 793 g/mol. The maximum Gasteiger partial charge on any atom is 0.272 e. The standard InChI is InChI=1S/C43H45ClFN9O6/c44-32-17-29(4-1-26(32)20-46)60-28-5-2-27(3-6-28)47-39(56)34-7-9-37(50-49-34)52-14-11-25(12-15-52)21-51-16-13-43(22-51)23-53(24-43)36-19-31-30(18-33(36)45)41(58)54(42(31)59)35-8-10-38(55)48-40(35)57/h1,4,7,9,17-19,25,27-28,35H,2-3,5-6,8,10-16,21-24H2,(H,47,56)(H,48,55,57). The molecule has 17 heteroatoms. The summed E-state index contributed by atoms with van der Waals surface area (Å²) in [5.41, 5.74) is 1.04. The van der Waals surface area contributed by atoms with Crippen LogP contribution in [0.3, 0.4) is 0 Å². The lowest BCUT2D eigenvalue weighted by molar-refractivity contribution is -0.136. The van der Waals surface area contributed by atoms with E-state index in [0.717, 1.165) is 94.5 Å². The number of carbonyl (C=O) groups excluding carboxylic acids is 5. The number of halogens is 2. The van der Waals surface area contributed by atoms with Crippen LogP contribution in [0.25, 0.3) is 0 Å². The number of nitrogens with one attached hydrogen (secondary N) is 2. The summed E-state index contributed by atoms with van der Waals surface area (Å²) in [6.07, 6.45) is 6.19. The monoisotopic (exact) mass is 837 g/mol. The van der Waals surface area contributed by atoms with Crippen molar-refractivity contribution >= 4 is 52.6 Å². The minimum absolute atomic E-state index is 0.00984. The molecule has 1 spiro atoms. The van der Waals surface area contributed by atoms with E-state index in [9.17, 15) is 24.0 Å². The van der Waals surface area contributed by atoms with Crippen LogP contribution in [0.2, 0.25) is 5.02 Å². The van der Waals surface area contributed by atoms with Crippen LogP contribution >= 0.6 is 11.6 Å². The van der Waals surface area contributed by atoms with Gasteiger partial charge in [-0.3, -0.25) is 34.2 Å². The molecule has 0 bridgehead atoms. The van der Waals surface area contributed by atoms with Gasteiger partial charge in [-0.1, -0.05) is 11.6 Å². The number of fused-ring (bicyclic) bond motifs is 1. The number of nitriles is 1. The molecule has 0 radical (unpaired) electrons. The van der Waals surface area contributed by atoms with E-state index < -0.39 is 35.5 Å². The number of aromatic nitrogens is 2. The summed E-state index contributed by atoms with van der Waals surface area (Å²) >= 11 is 6.15. The predicted octanol–water partition coefficient (Wildman–Crippen LogP) is 4.09. The number of likely N-dealkylation sites (tertiary alicyclic amines) is 1. The van der Waals surface area contributed by atoms with Crippen molar-refractivity contribution in [3.05, 3.63) is 75.7 Å². The van der Waals surface area contributed by atoms with E-state index in [1.165, 1.54) is 6.07 Å². The molecule has 9 rings (SSSR count). The van der Waals surface area contributed by atoms with Crippen molar-refractivity contribution in [2.24, 2.45) is 11.3 Å². The van der Waals surface area contributed by atoms with Crippen LogP contribution in [-0.4, -0.2) is 114 Å². The maximum absolute atomic E-state index is 15.5. The highest BCUT2D eigenvalue weighted by atomic mass is 35.5. The molecule has 1 aromatic heterocycles. The molecule has 1 atom stereocenters. The Labute approximate surface area is 351 Å². The predicted molar refractivity (Wildman–Crippen MR) is 216 cm³/mol. The second-order valence-corrected chi connectivity index (χ2v) is 17.6. The zero-order valence-electron chi connectivity index (χ0n) is 33.0. The average molecular weight is 838 g/mol. The first-order valence-electron chi connectivity index (χ1n) is 20.7. The minimum atomic E-state index is -1.10. The first kappa shape index (κ1) is 39.8. The SMILES string of the molecule is N#Cc1ccc(OC2CCC(NC(=O)c3ccc(N4CCC(CN5CCC6(C5)CN(c5cc7c(cc5F)C(=O)N(C5CCC(=O)NC5=O)C7=O)C6)CC4)nn3)CC2)cc1Cl. The van der Waals surface area contributed by atoms with Gasteiger partial charge in [0, 0.05) is 63.2 Å². The van der Waals surface area contributed by atoms with Crippen LogP contribution in [0.4, 0.5) is 15.9 Å². The van der Waals surface area contributed by atoms with Gasteiger partial charge in [0.1, 0.15) is 23.7 Å². The summed E-state index contributed by atoms with van der Waals surface area (Å²) in [5, 5.41) is 23.4. The first-order chi connectivity index (χ1) is 29.0. The van der Waals surface area contributed by atoms with Gasteiger partial charge in [0.15, 0.2) is 11.5 Å². The average Bonchev–Trinajstić information content (AvgIpc) is 3.76. The number of imide groups is 2. The number of piperidine rings is 2. The summed E-state index contributed by atoms with van der Waals surface area (Å²) < 4.78 is 21.5. The van der Waals surface area contributed by atoms with Gasteiger partial charge in [-0.2, -0.15) is 5.26 Å². The molecule has 60 heavy (non-hydrogen) atoms. The fraction of sp³-hybridized carbons (Fsp3) is 0.488. The van der Waals surface area contributed by atoms with Crippen molar-refractivity contribution in [2.75, 3.05) is 55.6 Å². The van der Waals surface area contributed by atoms with Gasteiger partial charge < -0.3 is 24.8 Å². The van der Waals surface area contributed by atoms with Crippen molar-refractivity contribution in [1.82, 2.24) is 30.6 Å². The Bertz CT molecular complexity index is 2280. The van der Waals surface area contributed by atoms with Crippen LogP contribution < -0.4 is 25.2 Å². The Kier molecular flexibility index (Phi) is 10.7. The number of carbonyl (C=O) groups is 5. The fourth-order valence-electron chi connectivity index (χ4n) is 9.86.